The molecule has 134 valence electrons. The van der Waals surface area contributed by atoms with Crippen molar-refractivity contribution in [3.8, 4) is 0 Å². The van der Waals surface area contributed by atoms with Crippen molar-refractivity contribution in [2.45, 2.75) is 31.7 Å². The Hall–Kier alpha value is -1.31. The topological polar surface area (TPSA) is 92.5 Å². The van der Waals surface area contributed by atoms with Crippen molar-refractivity contribution in [1.29, 1.82) is 0 Å². The van der Waals surface area contributed by atoms with E-state index in [4.69, 9.17) is 5.73 Å². The fourth-order valence-corrected chi connectivity index (χ4v) is 4.19. The maximum absolute atomic E-state index is 12.5. The van der Waals surface area contributed by atoms with Crippen molar-refractivity contribution in [2.75, 3.05) is 23.7 Å². The number of nitrogens with two attached hydrogens (primary N) is 1. The molecule has 2 aliphatic rings. The Morgan fingerprint density at radius 2 is 2.08 bits per heavy atom. The van der Waals surface area contributed by atoms with Crippen LogP contribution in [0.1, 0.15) is 35.7 Å². The summed E-state index contributed by atoms with van der Waals surface area (Å²) >= 11 is 0. The lowest BCUT2D eigenvalue weighted by Gasteiger charge is -2.29. The van der Waals surface area contributed by atoms with Gasteiger partial charge < -0.3 is 11.1 Å². The summed E-state index contributed by atoms with van der Waals surface area (Å²) in [4.78, 5) is 12.5. The highest BCUT2D eigenvalue weighted by Gasteiger charge is 2.41. The van der Waals surface area contributed by atoms with Gasteiger partial charge in [-0.2, -0.15) is 0 Å². The SMILES string of the molecule is CC(CN)(NC(=O)c1ccc2c(c1)CCN2S(C)(=O)=O)C1CC1.Cl. The first-order valence-corrected chi connectivity index (χ1v) is 9.72. The van der Waals surface area contributed by atoms with Crippen LogP contribution in [-0.4, -0.2) is 39.2 Å². The highest BCUT2D eigenvalue weighted by atomic mass is 35.5. The van der Waals surface area contributed by atoms with E-state index in [1.807, 2.05) is 6.92 Å². The number of hydrogen-bond donors (Lipinski definition) is 2. The van der Waals surface area contributed by atoms with E-state index in [0.717, 1.165) is 18.4 Å². The molecule has 3 N–H and O–H groups in total. The summed E-state index contributed by atoms with van der Waals surface area (Å²) in [5.74, 6) is 0.303. The summed E-state index contributed by atoms with van der Waals surface area (Å²) in [5.41, 5.74) is 7.60. The van der Waals surface area contributed by atoms with E-state index in [-0.39, 0.29) is 23.9 Å². The molecule has 1 aliphatic heterocycles. The minimum Gasteiger partial charge on any atom is -0.345 e. The van der Waals surface area contributed by atoms with Crippen molar-refractivity contribution >= 4 is 34.0 Å². The number of hydrogen-bond acceptors (Lipinski definition) is 4. The van der Waals surface area contributed by atoms with Gasteiger partial charge in [-0.05, 0) is 55.9 Å². The maximum Gasteiger partial charge on any atom is 0.251 e. The van der Waals surface area contributed by atoms with Crippen LogP contribution in [-0.2, 0) is 16.4 Å². The number of fused-ring (bicyclic) bond motifs is 1. The highest BCUT2D eigenvalue weighted by molar-refractivity contribution is 7.92. The first kappa shape index (κ1) is 19.0. The van der Waals surface area contributed by atoms with Gasteiger partial charge >= 0.3 is 0 Å². The fraction of sp³-hybridized carbons (Fsp3) is 0.562. The molecule has 1 heterocycles. The molecule has 1 aromatic rings. The molecule has 6 nitrogen and oxygen atoms in total. The fourth-order valence-electron chi connectivity index (χ4n) is 3.23. The largest absolute Gasteiger partial charge is 0.345 e. The summed E-state index contributed by atoms with van der Waals surface area (Å²) in [7, 11) is -3.27. The zero-order valence-electron chi connectivity index (χ0n) is 13.9. The van der Waals surface area contributed by atoms with Gasteiger partial charge in [0.1, 0.15) is 0 Å². The van der Waals surface area contributed by atoms with Crippen LogP contribution in [0.15, 0.2) is 18.2 Å². The quantitative estimate of drug-likeness (QED) is 0.813. The number of nitrogens with one attached hydrogen (secondary N) is 1. The molecule has 1 amide bonds. The lowest BCUT2D eigenvalue weighted by atomic mass is 9.95. The first-order chi connectivity index (χ1) is 10.7. The number of halogens is 1. The Morgan fingerprint density at radius 3 is 2.62 bits per heavy atom. The van der Waals surface area contributed by atoms with E-state index >= 15 is 0 Å². The number of nitrogens with zero attached hydrogens (tertiary/aromatic N) is 1. The zero-order valence-corrected chi connectivity index (χ0v) is 15.5. The molecule has 1 atom stereocenters. The second kappa shape index (κ2) is 6.54. The molecule has 0 spiro atoms. The third kappa shape index (κ3) is 3.53. The summed E-state index contributed by atoms with van der Waals surface area (Å²) < 4.78 is 24.9. The van der Waals surface area contributed by atoms with Crippen molar-refractivity contribution in [3.05, 3.63) is 29.3 Å². The van der Waals surface area contributed by atoms with E-state index in [1.54, 1.807) is 18.2 Å². The van der Waals surface area contributed by atoms with E-state index in [0.29, 0.717) is 36.7 Å². The van der Waals surface area contributed by atoms with Crippen molar-refractivity contribution < 1.29 is 13.2 Å². The van der Waals surface area contributed by atoms with Crippen molar-refractivity contribution in [1.82, 2.24) is 5.32 Å². The van der Waals surface area contributed by atoms with Crippen LogP contribution in [0.3, 0.4) is 0 Å². The molecular formula is C16H24ClN3O3S. The van der Waals surface area contributed by atoms with Gasteiger partial charge in [0, 0.05) is 18.7 Å². The van der Waals surface area contributed by atoms with Crippen LogP contribution in [0.5, 0.6) is 0 Å². The van der Waals surface area contributed by atoms with E-state index in [2.05, 4.69) is 5.32 Å². The van der Waals surface area contributed by atoms with E-state index < -0.39 is 10.0 Å². The Labute approximate surface area is 149 Å². The molecule has 0 radical (unpaired) electrons. The third-order valence-electron chi connectivity index (χ3n) is 4.90. The summed E-state index contributed by atoms with van der Waals surface area (Å²) in [6.07, 6.45) is 4.02. The zero-order chi connectivity index (χ0) is 16.8. The van der Waals surface area contributed by atoms with Gasteiger partial charge in [0.2, 0.25) is 10.0 Å². The van der Waals surface area contributed by atoms with Crippen LogP contribution in [0.25, 0.3) is 0 Å². The minimum atomic E-state index is -3.27. The molecule has 0 aromatic heterocycles. The van der Waals surface area contributed by atoms with E-state index in [9.17, 15) is 13.2 Å². The predicted octanol–water partition coefficient (Wildman–Crippen LogP) is 1.29. The number of carbonyl (C=O) groups excluding carboxylic acids is 1. The van der Waals surface area contributed by atoms with Gasteiger partial charge in [0.15, 0.2) is 0 Å². The maximum atomic E-state index is 12.5. The average molecular weight is 374 g/mol. The van der Waals surface area contributed by atoms with Crippen LogP contribution in [0.2, 0.25) is 0 Å². The third-order valence-corrected chi connectivity index (χ3v) is 6.08. The Morgan fingerprint density at radius 1 is 1.42 bits per heavy atom. The number of carbonyl (C=O) groups is 1. The number of benzene rings is 1. The van der Waals surface area contributed by atoms with Crippen LogP contribution < -0.4 is 15.4 Å². The second-order valence-corrected chi connectivity index (χ2v) is 8.69. The summed E-state index contributed by atoms with van der Waals surface area (Å²) in [6, 6.07) is 5.19. The van der Waals surface area contributed by atoms with Crippen LogP contribution in [0.4, 0.5) is 5.69 Å². The molecule has 1 saturated carbocycles. The van der Waals surface area contributed by atoms with Crippen molar-refractivity contribution in [3.63, 3.8) is 0 Å². The lowest BCUT2D eigenvalue weighted by molar-refractivity contribution is 0.0897. The van der Waals surface area contributed by atoms with Gasteiger partial charge in [0.25, 0.3) is 5.91 Å². The van der Waals surface area contributed by atoms with Gasteiger partial charge in [-0.3, -0.25) is 9.10 Å². The smallest absolute Gasteiger partial charge is 0.251 e. The molecule has 8 heteroatoms. The normalized spacial score (nSPS) is 19.2. The Balaban J connectivity index is 0.00000208. The number of amides is 1. The van der Waals surface area contributed by atoms with Gasteiger partial charge in [-0.15, -0.1) is 12.4 Å². The lowest BCUT2D eigenvalue weighted by Crippen LogP contribution is -2.53. The molecule has 0 saturated heterocycles. The van der Waals surface area contributed by atoms with Crippen LogP contribution >= 0.6 is 12.4 Å². The van der Waals surface area contributed by atoms with Gasteiger partial charge in [-0.1, -0.05) is 0 Å². The van der Waals surface area contributed by atoms with E-state index in [1.165, 1.54) is 10.6 Å². The predicted molar refractivity (Wildman–Crippen MR) is 97.2 cm³/mol. The summed E-state index contributed by atoms with van der Waals surface area (Å²) in [5, 5.41) is 3.06. The molecule has 1 fully saturated rings. The molecule has 24 heavy (non-hydrogen) atoms. The molecular weight excluding hydrogens is 350 g/mol. The Bertz CT molecular complexity index is 749. The molecule has 1 aliphatic carbocycles. The monoisotopic (exact) mass is 373 g/mol. The minimum absolute atomic E-state index is 0. The van der Waals surface area contributed by atoms with Gasteiger partial charge in [-0.25, -0.2) is 8.42 Å². The average Bonchev–Trinajstić information content (AvgIpc) is 3.25. The molecule has 3 rings (SSSR count). The number of anilines is 1. The molecule has 1 aromatic carbocycles. The molecule has 0 bridgehead atoms. The second-order valence-electron chi connectivity index (χ2n) is 6.78. The van der Waals surface area contributed by atoms with Crippen molar-refractivity contribution in [2.24, 2.45) is 11.7 Å². The van der Waals surface area contributed by atoms with Gasteiger partial charge in [0.05, 0.1) is 17.5 Å². The highest BCUT2D eigenvalue weighted by Crippen LogP contribution is 2.39. The Kier molecular flexibility index (Phi) is 5.18. The first-order valence-electron chi connectivity index (χ1n) is 7.88. The number of sulfonamides is 1. The standard InChI is InChI=1S/C16H23N3O3S.ClH/c1-16(10-17,13-4-5-13)18-15(20)12-3-6-14-11(9-12)7-8-19(14)23(2,21)22;/h3,6,9,13H,4-5,7-8,10,17H2,1-2H3,(H,18,20);1H. The molecule has 1 unspecified atom stereocenters. The van der Waals surface area contributed by atoms with Crippen LogP contribution in [0, 0.1) is 5.92 Å². The summed E-state index contributed by atoms with van der Waals surface area (Å²) in [6.45, 7) is 2.83. The number of rotatable bonds is 5.